The Bertz CT molecular complexity index is 1260. The zero-order valence-electron chi connectivity index (χ0n) is 18.5. The minimum Gasteiger partial charge on any atom is -0.478 e. The lowest BCUT2D eigenvalue weighted by Crippen LogP contribution is -2.27. The molecular formula is C25H24N6O2. The van der Waals surface area contributed by atoms with Gasteiger partial charge < -0.3 is 10.1 Å². The first kappa shape index (κ1) is 20.8. The number of hydrogen-bond donors (Lipinski definition) is 2. The van der Waals surface area contributed by atoms with Gasteiger partial charge in [-0.1, -0.05) is 35.9 Å². The average Bonchev–Trinajstić information content (AvgIpc) is 3.46. The summed E-state index contributed by atoms with van der Waals surface area (Å²) in [5, 5.41) is 17.4. The number of rotatable bonds is 7. The number of carbonyl (C=O) groups excluding carboxylic acids is 1. The number of benzene rings is 2. The second-order valence-electron chi connectivity index (χ2n) is 8.23. The molecule has 0 saturated heterocycles. The molecule has 1 amide bonds. The summed E-state index contributed by atoms with van der Waals surface area (Å²) in [6.45, 7) is 4.52. The minimum atomic E-state index is -0.459. The van der Waals surface area contributed by atoms with Crippen LogP contribution < -0.4 is 10.1 Å². The van der Waals surface area contributed by atoms with Crippen LogP contribution in [0.1, 0.15) is 30.9 Å². The quantitative estimate of drug-likeness (QED) is 0.444. The highest BCUT2D eigenvalue weighted by Crippen LogP contribution is 2.49. The second-order valence-corrected chi connectivity index (χ2v) is 8.23. The summed E-state index contributed by atoms with van der Waals surface area (Å²) in [4.78, 5) is 17.6. The Labute approximate surface area is 191 Å². The van der Waals surface area contributed by atoms with Crippen molar-refractivity contribution in [3.8, 4) is 28.4 Å². The molecule has 0 aliphatic heterocycles. The molecule has 2 N–H and O–H groups in total. The van der Waals surface area contributed by atoms with E-state index >= 15 is 0 Å². The van der Waals surface area contributed by atoms with Crippen molar-refractivity contribution in [2.45, 2.75) is 32.1 Å². The van der Waals surface area contributed by atoms with E-state index in [1.807, 2.05) is 44.2 Å². The molecule has 2 aromatic heterocycles. The highest BCUT2D eigenvalue weighted by Gasteiger charge is 2.51. The molecule has 2 aromatic carbocycles. The van der Waals surface area contributed by atoms with Gasteiger partial charge in [0.05, 0.1) is 12.0 Å². The highest BCUT2D eigenvalue weighted by molar-refractivity contribution is 6.02. The molecule has 1 fully saturated rings. The normalized spacial score (nSPS) is 14.0. The monoisotopic (exact) mass is 440 g/mol. The van der Waals surface area contributed by atoms with Gasteiger partial charge in [0, 0.05) is 29.1 Å². The molecule has 0 bridgehead atoms. The van der Waals surface area contributed by atoms with Gasteiger partial charge >= 0.3 is 0 Å². The zero-order chi connectivity index (χ0) is 22.8. The van der Waals surface area contributed by atoms with E-state index in [1.54, 1.807) is 6.20 Å². The number of tetrazole rings is 1. The van der Waals surface area contributed by atoms with Gasteiger partial charge in [0.2, 0.25) is 11.8 Å². The van der Waals surface area contributed by atoms with E-state index in [0.717, 1.165) is 35.1 Å². The number of pyridine rings is 1. The summed E-state index contributed by atoms with van der Waals surface area (Å²) in [6, 6.07) is 17.7. The number of nitrogens with one attached hydrogen (secondary N) is 2. The molecule has 0 radical (unpaired) electrons. The van der Waals surface area contributed by atoms with Crippen molar-refractivity contribution in [1.29, 1.82) is 0 Å². The van der Waals surface area contributed by atoms with E-state index < -0.39 is 5.41 Å². The van der Waals surface area contributed by atoms with Crippen LogP contribution in [0.2, 0.25) is 0 Å². The Morgan fingerprint density at radius 3 is 2.55 bits per heavy atom. The Hall–Kier alpha value is -4.07. The number of ether oxygens (including phenoxy) is 1. The van der Waals surface area contributed by atoms with Crippen molar-refractivity contribution < 1.29 is 9.53 Å². The minimum absolute atomic E-state index is 0.00322. The Kier molecular flexibility index (Phi) is 5.34. The predicted octanol–water partition coefficient (Wildman–Crippen LogP) is 4.31. The maximum absolute atomic E-state index is 13.3. The predicted molar refractivity (Wildman–Crippen MR) is 125 cm³/mol. The van der Waals surface area contributed by atoms with Gasteiger partial charge in [0.1, 0.15) is 0 Å². The summed E-state index contributed by atoms with van der Waals surface area (Å²) in [5.41, 5.74) is 5.01. The molecular weight excluding hydrogens is 416 g/mol. The van der Waals surface area contributed by atoms with E-state index in [9.17, 15) is 4.79 Å². The van der Waals surface area contributed by atoms with Gasteiger partial charge in [-0.25, -0.2) is 10.1 Å². The van der Waals surface area contributed by atoms with E-state index in [-0.39, 0.29) is 5.91 Å². The van der Waals surface area contributed by atoms with Crippen LogP contribution in [0.4, 0.5) is 5.69 Å². The van der Waals surface area contributed by atoms with Crippen LogP contribution in [-0.2, 0) is 10.2 Å². The first-order chi connectivity index (χ1) is 16.1. The Morgan fingerprint density at radius 1 is 1.09 bits per heavy atom. The number of nitrogens with zero attached hydrogens (tertiary/aromatic N) is 4. The Morgan fingerprint density at radius 2 is 1.91 bits per heavy atom. The van der Waals surface area contributed by atoms with Crippen molar-refractivity contribution in [3.63, 3.8) is 0 Å². The third-order valence-electron chi connectivity index (χ3n) is 6.01. The van der Waals surface area contributed by atoms with Gasteiger partial charge in [-0.2, -0.15) is 0 Å². The standard InChI is InChI=1S/C25H24N6O2/c1-3-33-22-11-6-17(15-26-22)20-10-9-19(14-21(20)23-28-30-31-29-23)27-24(32)25(12-13-25)18-7-4-16(2)5-8-18/h4-11,14-15H,3,12-13H2,1-2H3,(H,27,32)(H,28,29,30,31). The number of aromatic amines is 1. The fourth-order valence-corrected chi connectivity index (χ4v) is 4.01. The lowest BCUT2D eigenvalue weighted by Gasteiger charge is -2.17. The first-order valence-corrected chi connectivity index (χ1v) is 10.9. The average molecular weight is 441 g/mol. The molecule has 8 heteroatoms. The number of anilines is 1. The van der Waals surface area contributed by atoms with Crippen molar-refractivity contribution in [1.82, 2.24) is 25.6 Å². The smallest absolute Gasteiger partial charge is 0.235 e. The van der Waals surface area contributed by atoms with Gasteiger partial charge in [0.15, 0.2) is 5.82 Å². The maximum Gasteiger partial charge on any atom is 0.235 e. The van der Waals surface area contributed by atoms with Gasteiger partial charge in [-0.3, -0.25) is 4.79 Å². The molecule has 166 valence electrons. The SMILES string of the molecule is CCOc1ccc(-c2ccc(NC(=O)C3(c4ccc(C)cc4)CC3)cc2-c2nnn[nH]2)cn1. The van der Waals surface area contributed by atoms with Crippen molar-refractivity contribution >= 4 is 11.6 Å². The fraction of sp³-hybridized carbons (Fsp3) is 0.240. The molecule has 0 unspecified atom stereocenters. The molecule has 2 heterocycles. The largest absolute Gasteiger partial charge is 0.478 e. The van der Waals surface area contributed by atoms with E-state index in [1.165, 1.54) is 5.56 Å². The van der Waals surface area contributed by atoms with Crippen LogP contribution in [0.3, 0.4) is 0 Å². The van der Waals surface area contributed by atoms with Crippen molar-refractivity contribution in [2.75, 3.05) is 11.9 Å². The van der Waals surface area contributed by atoms with Crippen molar-refractivity contribution in [2.24, 2.45) is 0 Å². The molecule has 4 aromatic rings. The van der Waals surface area contributed by atoms with Gasteiger partial charge in [-0.05, 0) is 66.4 Å². The lowest BCUT2D eigenvalue weighted by molar-refractivity contribution is -0.118. The molecule has 5 rings (SSSR count). The number of carbonyl (C=O) groups is 1. The molecule has 33 heavy (non-hydrogen) atoms. The van der Waals surface area contributed by atoms with E-state index in [4.69, 9.17) is 4.74 Å². The molecule has 8 nitrogen and oxygen atoms in total. The van der Waals surface area contributed by atoms with Gasteiger partial charge in [0.25, 0.3) is 0 Å². The third-order valence-corrected chi connectivity index (χ3v) is 6.01. The summed E-state index contributed by atoms with van der Waals surface area (Å²) < 4.78 is 5.45. The number of aromatic nitrogens is 5. The summed E-state index contributed by atoms with van der Waals surface area (Å²) in [7, 11) is 0. The second kappa shape index (κ2) is 8.46. The molecule has 1 saturated carbocycles. The lowest BCUT2D eigenvalue weighted by atomic mass is 9.93. The first-order valence-electron chi connectivity index (χ1n) is 10.9. The summed E-state index contributed by atoms with van der Waals surface area (Å²) in [5.74, 6) is 1.08. The third kappa shape index (κ3) is 4.07. The van der Waals surface area contributed by atoms with Crippen LogP contribution in [0.25, 0.3) is 22.5 Å². The molecule has 0 spiro atoms. The summed E-state index contributed by atoms with van der Waals surface area (Å²) in [6.07, 6.45) is 3.44. The highest BCUT2D eigenvalue weighted by atomic mass is 16.5. The maximum atomic E-state index is 13.3. The molecule has 1 aliphatic rings. The number of aryl methyl sites for hydroxylation is 1. The van der Waals surface area contributed by atoms with Crippen LogP contribution >= 0.6 is 0 Å². The number of hydrogen-bond acceptors (Lipinski definition) is 6. The topological polar surface area (TPSA) is 106 Å². The van der Waals surface area contributed by atoms with E-state index in [0.29, 0.717) is 24.0 Å². The summed E-state index contributed by atoms with van der Waals surface area (Å²) >= 11 is 0. The molecule has 0 atom stereocenters. The number of H-pyrrole nitrogens is 1. The van der Waals surface area contributed by atoms with Crippen molar-refractivity contribution in [3.05, 3.63) is 71.9 Å². The van der Waals surface area contributed by atoms with Crippen LogP contribution in [0, 0.1) is 6.92 Å². The van der Waals surface area contributed by atoms with Crippen LogP contribution in [-0.4, -0.2) is 38.1 Å². The van der Waals surface area contributed by atoms with Gasteiger partial charge in [-0.15, -0.1) is 5.10 Å². The molecule has 1 aliphatic carbocycles. The van der Waals surface area contributed by atoms with Crippen LogP contribution in [0.15, 0.2) is 60.8 Å². The van der Waals surface area contributed by atoms with Crippen LogP contribution in [0.5, 0.6) is 5.88 Å². The zero-order valence-corrected chi connectivity index (χ0v) is 18.5. The fourth-order valence-electron chi connectivity index (χ4n) is 4.01. The number of amides is 1. The van der Waals surface area contributed by atoms with E-state index in [2.05, 4.69) is 55.2 Å². The Balaban J connectivity index is 1.45.